The zero-order chi connectivity index (χ0) is 9.19. The molecule has 1 aliphatic heterocycles. The van der Waals surface area contributed by atoms with Crippen molar-refractivity contribution in [1.29, 1.82) is 0 Å². The van der Waals surface area contributed by atoms with Gasteiger partial charge < -0.3 is 5.32 Å². The van der Waals surface area contributed by atoms with Crippen molar-refractivity contribution in [2.75, 3.05) is 6.26 Å². The number of nitrogens with one attached hydrogen (secondary N) is 1. The van der Waals surface area contributed by atoms with Gasteiger partial charge in [0.15, 0.2) is 0 Å². The van der Waals surface area contributed by atoms with E-state index < -0.39 is 4.20 Å². The Morgan fingerprint density at radius 1 is 1.92 bits per heavy atom. The van der Waals surface area contributed by atoms with Gasteiger partial charge in [0, 0.05) is 5.70 Å². The van der Waals surface area contributed by atoms with Crippen molar-refractivity contribution >= 4 is 40.4 Å². The third-order valence-electron chi connectivity index (χ3n) is 1.62. The molecule has 0 aliphatic carbocycles. The van der Waals surface area contributed by atoms with Crippen molar-refractivity contribution in [1.82, 2.24) is 5.32 Å². The maximum absolute atomic E-state index is 11.1. The van der Waals surface area contributed by atoms with Crippen LogP contribution >= 0.6 is 35.1 Å². The number of hydrogen-bond acceptors (Lipinski definition) is 4. The maximum Gasteiger partial charge on any atom is 0.268 e. The zero-order valence-electron chi connectivity index (χ0n) is 6.89. The van der Waals surface area contributed by atoms with Crippen molar-refractivity contribution in [3.63, 3.8) is 0 Å². The average Bonchev–Trinajstić information content (AvgIpc) is 2.48. The molecule has 0 spiro atoms. The van der Waals surface area contributed by atoms with Crippen LogP contribution in [0.3, 0.4) is 0 Å². The predicted molar refractivity (Wildman–Crippen MR) is 56.2 cm³/mol. The van der Waals surface area contributed by atoms with E-state index in [1.807, 2.05) is 18.6 Å². The molecule has 12 heavy (non-hydrogen) atoms. The first-order chi connectivity index (χ1) is 5.64. The van der Waals surface area contributed by atoms with Crippen LogP contribution in [0.15, 0.2) is 11.1 Å². The lowest BCUT2D eigenvalue weighted by Gasteiger charge is -2.22. The Morgan fingerprint density at radius 3 is 2.83 bits per heavy atom. The highest BCUT2D eigenvalue weighted by molar-refractivity contribution is 8.20. The molecule has 0 aromatic carbocycles. The predicted octanol–water partition coefficient (Wildman–Crippen LogP) is 2.36. The molecule has 0 radical (unpaired) electrons. The highest BCUT2D eigenvalue weighted by atomic mass is 35.5. The van der Waals surface area contributed by atoms with Gasteiger partial charge >= 0.3 is 0 Å². The molecule has 0 saturated heterocycles. The second-order valence-electron chi connectivity index (χ2n) is 2.33. The van der Waals surface area contributed by atoms with Crippen LogP contribution in [0.2, 0.25) is 0 Å². The minimum atomic E-state index is -0.674. The molecule has 1 unspecified atom stereocenters. The van der Waals surface area contributed by atoms with Gasteiger partial charge in [-0.25, -0.2) is 0 Å². The Labute approximate surface area is 85.5 Å². The summed E-state index contributed by atoms with van der Waals surface area (Å²) in [7, 11) is 0. The van der Waals surface area contributed by atoms with Gasteiger partial charge in [-0.1, -0.05) is 18.7 Å². The lowest BCUT2D eigenvalue weighted by atomic mass is 10.4. The van der Waals surface area contributed by atoms with Gasteiger partial charge in [0.05, 0.1) is 0 Å². The Hall–Kier alpha value is 0.200. The van der Waals surface area contributed by atoms with Crippen molar-refractivity contribution in [3.05, 3.63) is 11.1 Å². The van der Waals surface area contributed by atoms with Crippen molar-refractivity contribution < 1.29 is 4.79 Å². The van der Waals surface area contributed by atoms with Crippen molar-refractivity contribution in [3.8, 4) is 0 Å². The fourth-order valence-corrected chi connectivity index (χ4v) is 3.02. The van der Waals surface area contributed by atoms with Crippen LogP contribution in [-0.2, 0) is 4.79 Å². The molecule has 0 amide bonds. The highest BCUT2D eigenvalue weighted by Gasteiger charge is 2.40. The van der Waals surface area contributed by atoms with Crippen LogP contribution in [0, 0.1) is 0 Å². The van der Waals surface area contributed by atoms with Gasteiger partial charge in [0.1, 0.15) is 0 Å². The minimum Gasteiger partial charge on any atom is -0.358 e. The molecule has 0 saturated carbocycles. The summed E-state index contributed by atoms with van der Waals surface area (Å²) in [6.07, 6.45) is 2.77. The van der Waals surface area contributed by atoms with Gasteiger partial charge in [0.25, 0.3) is 5.24 Å². The summed E-state index contributed by atoms with van der Waals surface area (Å²) in [6.45, 7) is 2.04. The Bertz CT molecular complexity index is 231. The largest absolute Gasteiger partial charge is 0.358 e. The summed E-state index contributed by atoms with van der Waals surface area (Å²) in [5, 5.41) is 4.72. The fourth-order valence-electron chi connectivity index (χ4n) is 0.871. The van der Waals surface area contributed by atoms with Crippen LogP contribution in [0.5, 0.6) is 0 Å². The summed E-state index contributed by atoms with van der Waals surface area (Å²) >= 11 is 8.35. The van der Waals surface area contributed by atoms with Gasteiger partial charge in [-0.05, 0) is 29.7 Å². The smallest absolute Gasteiger partial charge is 0.268 e. The van der Waals surface area contributed by atoms with Crippen LogP contribution in [-0.4, -0.2) is 15.7 Å². The molecule has 1 N–H and O–H groups in total. The van der Waals surface area contributed by atoms with E-state index in [0.717, 1.165) is 12.1 Å². The topological polar surface area (TPSA) is 29.1 Å². The molecule has 68 valence electrons. The second-order valence-corrected chi connectivity index (χ2v) is 5.04. The van der Waals surface area contributed by atoms with Crippen LogP contribution in [0.1, 0.15) is 13.3 Å². The Morgan fingerprint density at radius 2 is 2.58 bits per heavy atom. The van der Waals surface area contributed by atoms with E-state index in [0.29, 0.717) is 0 Å². The van der Waals surface area contributed by atoms with Crippen molar-refractivity contribution in [2.24, 2.45) is 0 Å². The molecule has 1 rings (SSSR count). The second kappa shape index (κ2) is 3.94. The molecule has 1 heterocycles. The average molecular weight is 224 g/mol. The lowest BCUT2D eigenvalue weighted by Crippen LogP contribution is -2.39. The van der Waals surface area contributed by atoms with E-state index in [1.165, 1.54) is 23.5 Å². The van der Waals surface area contributed by atoms with Crippen LogP contribution in [0.25, 0.3) is 0 Å². The molecule has 0 bridgehead atoms. The number of rotatable bonds is 3. The number of halogens is 1. The van der Waals surface area contributed by atoms with E-state index in [1.54, 1.807) is 0 Å². The Balaban J connectivity index is 2.71. The van der Waals surface area contributed by atoms with Gasteiger partial charge in [0.2, 0.25) is 4.20 Å². The van der Waals surface area contributed by atoms with Crippen LogP contribution < -0.4 is 5.32 Å². The number of hydrogen-bond donors (Lipinski definition) is 1. The quantitative estimate of drug-likeness (QED) is 0.744. The van der Waals surface area contributed by atoms with E-state index in [2.05, 4.69) is 5.32 Å². The molecule has 5 heteroatoms. The Kier molecular flexibility index (Phi) is 3.37. The van der Waals surface area contributed by atoms with Gasteiger partial charge in [-0.2, -0.15) is 0 Å². The SMILES string of the molecule is CCC1=CSC(SC)(C(=O)Cl)N1. The molecular weight excluding hydrogens is 214 g/mol. The number of thioether (sulfide) groups is 2. The summed E-state index contributed by atoms with van der Waals surface area (Å²) in [6, 6.07) is 0. The molecule has 0 fully saturated rings. The maximum atomic E-state index is 11.1. The van der Waals surface area contributed by atoms with Gasteiger partial charge in [-0.3, -0.25) is 4.79 Å². The number of carbonyl (C=O) groups excluding carboxylic acids is 1. The van der Waals surface area contributed by atoms with Crippen LogP contribution in [0.4, 0.5) is 0 Å². The fraction of sp³-hybridized carbons (Fsp3) is 0.571. The zero-order valence-corrected chi connectivity index (χ0v) is 9.28. The van der Waals surface area contributed by atoms with Gasteiger partial charge in [-0.15, -0.1) is 11.8 Å². The van der Waals surface area contributed by atoms with E-state index in [-0.39, 0.29) is 5.24 Å². The molecule has 1 aliphatic rings. The first kappa shape index (κ1) is 10.3. The molecular formula is C7H10ClNOS2. The summed E-state index contributed by atoms with van der Waals surface area (Å²) in [5.74, 6) is 0. The molecule has 1 atom stereocenters. The molecule has 2 nitrogen and oxygen atoms in total. The van der Waals surface area contributed by atoms with Crippen molar-refractivity contribution in [2.45, 2.75) is 17.5 Å². The van der Waals surface area contributed by atoms with E-state index >= 15 is 0 Å². The highest BCUT2D eigenvalue weighted by Crippen LogP contribution is 2.42. The first-order valence-corrected chi connectivity index (χ1v) is 6.03. The third kappa shape index (κ3) is 1.75. The van der Waals surface area contributed by atoms with E-state index in [4.69, 9.17) is 11.6 Å². The van der Waals surface area contributed by atoms with E-state index in [9.17, 15) is 4.79 Å². The lowest BCUT2D eigenvalue weighted by molar-refractivity contribution is -0.112. The number of allylic oxidation sites excluding steroid dienone is 1. The minimum absolute atomic E-state index is 0.347. The normalized spacial score (nSPS) is 28.1. The standard InChI is InChI=1S/C7H10ClNOS2/c1-3-5-4-12-7(9-5,11-2)6(8)10/h4,9H,3H2,1-2H3. The third-order valence-corrected chi connectivity index (χ3v) is 4.80. The molecule has 0 aromatic heterocycles. The monoisotopic (exact) mass is 223 g/mol. The summed E-state index contributed by atoms with van der Waals surface area (Å²) in [5.41, 5.74) is 1.07. The summed E-state index contributed by atoms with van der Waals surface area (Å²) in [4.78, 5) is 11.1. The molecule has 0 aromatic rings. The first-order valence-electron chi connectivity index (χ1n) is 3.54. The summed E-state index contributed by atoms with van der Waals surface area (Å²) < 4.78 is -0.674. The number of carbonyl (C=O) groups is 1.